The molecule has 11 nitrogen and oxygen atoms in total. The lowest BCUT2D eigenvalue weighted by Gasteiger charge is -2.27. The number of hydrogen-bond acceptors (Lipinski definition) is 11. The summed E-state index contributed by atoms with van der Waals surface area (Å²) in [4.78, 5) is 0. The van der Waals surface area contributed by atoms with Gasteiger partial charge in [0, 0.05) is 0 Å². The molecule has 0 aromatic heterocycles. The molecule has 2 heterocycles. The standard InChI is InChI=1S/C12H22O11/c13-1-3(15)8-5(17)6(18)12(22-8)23-10-7(19)11(20)21-9(10)4(16)2-14/h3-20H,1-2H2/t3-,4-,5-,6-,7-,8+,9+,10-,11?,12+/m1/s1. The first-order valence-corrected chi connectivity index (χ1v) is 7.08. The molecule has 8 N–H and O–H groups in total. The van der Waals surface area contributed by atoms with Crippen LogP contribution in [-0.2, 0) is 14.2 Å². The van der Waals surface area contributed by atoms with E-state index in [1.165, 1.54) is 0 Å². The van der Waals surface area contributed by atoms with Gasteiger partial charge in [0.1, 0.15) is 48.8 Å². The van der Waals surface area contributed by atoms with E-state index in [1.54, 1.807) is 0 Å². The number of hydrogen-bond donors (Lipinski definition) is 8. The molecule has 2 rings (SSSR count). The lowest BCUT2D eigenvalue weighted by Crippen LogP contribution is -2.46. The average Bonchev–Trinajstić information content (AvgIpc) is 2.98. The van der Waals surface area contributed by atoms with Crippen molar-refractivity contribution in [3.8, 4) is 0 Å². The third-order valence-corrected chi connectivity index (χ3v) is 3.93. The molecule has 0 aromatic rings. The first-order chi connectivity index (χ1) is 10.8. The first-order valence-electron chi connectivity index (χ1n) is 7.08. The minimum absolute atomic E-state index is 0.721. The molecule has 2 fully saturated rings. The smallest absolute Gasteiger partial charge is 0.187 e. The quantitative estimate of drug-likeness (QED) is 0.230. The zero-order chi connectivity index (χ0) is 17.3. The lowest BCUT2D eigenvalue weighted by atomic mass is 10.1. The maximum absolute atomic E-state index is 9.88. The molecule has 23 heavy (non-hydrogen) atoms. The highest BCUT2D eigenvalue weighted by molar-refractivity contribution is 4.95. The van der Waals surface area contributed by atoms with Gasteiger partial charge in [-0.3, -0.25) is 0 Å². The third kappa shape index (κ3) is 3.65. The van der Waals surface area contributed by atoms with Gasteiger partial charge >= 0.3 is 0 Å². The van der Waals surface area contributed by atoms with Gasteiger partial charge in [-0.15, -0.1) is 0 Å². The first kappa shape index (κ1) is 18.9. The topological polar surface area (TPSA) is 190 Å². The van der Waals surface area contributed by atoms with Crippen molar-refractivity contribution in [3.63, 3.8) is 0 Å². The minimum atomic E-state index is -1.69. The summed E-state index contributed by atoms with van der Waals surface area (Å²) in [5, 5.41) is 75.9. The van der Waals surface area contributed by atoms with Crippen LogP contribution in [0.2, 0.25) is 0 Å². The van der Waals surface area contributed by atoms with Crippen molar-refractivity contribution in [2.75, 3.05) is 13.2 Å². The van der Waals surface area contributed by atoms with Gasteiger partial charge in [-0.2, -0.15) is 0 Å². The predicted molar refractivity (Wildman–Crippen MR) is 68.6 cm³/mol. The molecule has 11 heteroatoms. The van der Waals surface area contributed by atoms with Crippen LogP contribution in [0.3, 0.4) is 0 Å². The van der Waals surface area contributed by atoms with Gasteiger partial charge in [0.15, 0.2) is 12.6 Å². The summed E-state index contributed by atoms with van der Waals surface area (Å²) in [5.74, 6) is 0. The van der Waals surface area contributed by atoms with Crippen molar-refractivity contribution in [2.45, 2.75) is 61.4 Å². The Morgan fingerprint density at radius 1 is 0.783 bits per heavy atom. The highest BCUT2D eigenvalue weighted by atomic mass is 16.7. The Morgan fingerprint density at radius 2 is 1.35 bits per heavy atom. The predicted octanol–water partition coefficient (Wildman–Crippen LogP) is -5.40. The van der Waals surface area contributed by atoms with E-state index in [-0.39, 0.29) is 0 Å². The Kier molecular flexibility index (Phi) is 6.27. The number of ether oxygens (including phenoxy) is 3. The summed E-state index contributed by atoms with van der Waals surface area (Å²) in [7, 11) is 0. The Bertz CT molecular complexity index is 382. The molecule has 10 atom stereocenters. The van der Waals surface area contributed by atoms with Crippen molar-refractivity contribution in [2.24, 2.45) is 0 Å². The van der Waals surface area contributed by atoms with Crippen LogP contribution in [0.1, 0.15) is 0 Å². The summed E-state index contributed by atoms with van der Waals surface area (Å²) >= 11 is 0. The second-order valence-electron chi connectivity index (χ2n) is 5.53. The van der Waals surface area contributed by atoms with Crippen LogP contribution >= 0.6 is 0 Å². The largest absolute Gasteiger partial charge is 0.394 e. The van der Waals surface area contributed by atoms with E-state index in [4.69, 9.17) is 24.4 Å². The van der Waals surface area contributed by atoms with Crippen molar-refractivity contribution in [3.05, 3.63) is 0 Å². The van der Waals surface area contributed by atoms with Gasteiger partial charge in [0.2, 0.25) is 0 Å². The summed E-state index contributed by atoms with van der Waals surface area (Å²) < 4.78 is 15.3. The molecule has 136 valence electrons. The van der Waals surface area contributed by atoms with E-state index in [9.17, 15) is 30.6 Å². The summed E-state index contributed by atoms with van der Waals surface area (Å²) in [6.07, 6.45) is -14.9. The highest BCUT2D eigenvalue weighted by Crippen LogP contribution is 2.31. The highest BCUT2D eigenvalue weighted by Gasteiger charge is 2.52. The van der Waals surface area contributed by atoms with Crippen molar-refractivity contribution in [1.82, 2.24) is 0 Å². The van der Waals surface area contributed by atoms with Gasteiger partial charge in [-0.05, 0) is 0 Å². The minimum Gasteiger partial charge on any atom is -0.394 e. The fourth-order valence-corrected chi connectivity index (χ4v) is 2.61. The summed E-state index contributed by atoms with van der Waals surface area (Å²) in [5.41, 5.74) is 0. The van der Waals surface area contributed by atoms with E-state index < -0.39 is 74.6 Å². The fraction of sp³-hybridized carbons (Fsp3) is 1.00. The third-order valence-electron chi connectivity index (χ3n) is 3.93. The number of aliphatic hydroxyl groups excluding tert-OH is 8. The van der Waals surface area contributed by atoms with Gasteiger partial charge in [0.25, 0.3) is 0 Å². The molecule has 2 aliphatic heterocycles. The molecular weight excluding hydrogens is 320 g/mol. The fourth-order valence-electron chi connectivity index (χ4n) is 2.61. The van der Waals surface area contributed by atoms with Gasteiger partial charge < -0.3 is 55.1 Å². The zero-order valence-corrected chi connectivity index (χ0v) is 12.0. The molecule has 0 amide bonds. The Labute approximate surface area is 130 Å². The maximum atomic E-state index is 9.88. The van der Waals surface area contributed by atoms with Crippen LogP contribution in [0.5, 0.6) is 0 Å². The van der Waals surface area contributed by atoms with E-state index in [0.717, 1.165) is 0 Å². The molecule has 0 aliphatic carbocycles. The Balaban J connectivity index is 2.07. The molecule has 0 radical (unpaired) electrons. The SMILES string of the molecule is OC[C@@H](O)[C@@H]1O[C@@H](O[C@H]2[C@H]([C@H](O)CO)OC(O)[C@@H]2O)[C@H](O)[C@H]1O. The second-order valence-corrected chi connectivity index (χ2v) is 5.53. The molecule has 0 saturated carbocycles. The Morgan fingerprint density at radius 3 is 1.91 bits per heavy atom. The van der Waals surface area contributed by atoms with E-state index >= 15 is 0 Å². The summed E-state index contributed by atoms with van der Waals surface area (Å²) in [6, 6.07) is 0. The van der Waals surface area contributed by atoms with Crippen LogP contribution in [0.4, 0.5) is 0 Å². The molecular formula is C12H22O11. The van der Waals surface area contributed by atoms with Crippen LogP contribution in [0, 0.1) is 0 Å². The maximum Gasteiger partial charge on any atom is 0.187 e. The van der Waals surface area contributed by atoms with Crippen molar-refractivity contribution >= 4 is 0 Å². The van der Waals surface area contributed by atoms with Gasteiger partial charge in [-0.25, -0.2) is 0 Å². The van der Waals surface area contributed by atoms with Crippen molar-refractivity contribution in [1.29, 1.82) is 0 Å². The van der Waals surface area contributed by atoms with Crippen molar-refractivity contribution < 1.29 is 55.1 Å². The zero-order valence-electron chi connectivity index (χ0n) is 12.0. The van der Waals surface area contributed by atoms with Gasteiger partial charge in [0.05, 0.1) is 13.2 Å². The second kappa shape index (κ2) is 7.63. The molecule has 0 bridgehead atoms. The normalized spacial score (nSPS) is 47.0. The van der Waals surface area contributed by atoms with Crippen LogP contribution < -0.4 is 0 Å². The van der Waals surface area contributed by atoms with E-state index in [1.807, 2.05) is 0 Å². The molecule has 0 aromatic carbocycles. The number of rotatable bonds is 6. The monoisotopic (exact) mass is 342 g/mol. The molecule has 1 unspecified atom stereocenters. The molecule has 2 saturated heterocycles. The van der Waals surface area contributed by atoms with Crippen LogP contribution in [0.25, 0.3) is 0 Å². The molecule has 0 spiro atoms. The van der Waals surface area contributed by atoms with Gasteiger partial charge in [-0.1, -0.05) is 0 Å². The van der Waals surface area contributed by atoms with E-state index in [0.29, 0.717) is 0 Å². The van der Waals surface area contributed by atoms with E-state index in [2.05, 4.69) is 0 Å². The van der Waals surface area contributed by atoms with Crippen LogP contribution in [0.15, 0.2) is 0 Å². The lowest BCUT2D eigenvalue weighted by molar-refractivity contribution is -0.226. The molecule has 2 aliphatic rings. The summed E-state index contributed by atoms with van der Waals surface area (Å²) in [6.45, 7) is -1.45. The Hall–Kier alpha value is -0.440. The average molecular weight is 342 g/mol. The van der Waals surface area contributed by atoms with Crippen LogP contribution in [-0.4, -0.2) is 115 Å². The number of aliphatic hydroxyl groups is 8.